The normalized spacial score (nSPS) is 11.3. The molecule has 30 heavy (non-hydrogen) atoms. The number of carboxylic acid groups (broad SMARTS) is 1. The van der Waals surface area contributed by atoms with Crippen molar-refractivity contribution >= 4 is 23.3 Å². The molecule has 154 valence electrons. The minimum atomic E-state index is -0.974. The lowest BCUT2D eigenvalue weighted by molar-refractivity contribution is -0.139. The highest BCUT2D eigenvalue weighted by Gasteiger charge is 2.07. The van der Waals surface area contributed by atoms with Gasteiger partial charge in [-0.05, 0) is 59.4 Å². The first-order valence-corrected chi connectivity index (χ1v) is 11.0. The van der Waals surface area contributed by atoms with Crippen molar-refractivity contribution in [1.29, 1.82) is 0 Å². The Balaban J connectivity index is 1.78. The van der Waals surface area contributed by atoms with E-state index in [2.05, 4.69) is 61.5 Å². The lowest BCUT2D eigenvalue weighted by Crippen LogP contribution is -2.09. The van der Waals surface area contributed by atoms with Crippen LogP contribution in [0.15, 0.2) is 83.8 Å². The molecule has 0 aromatic heterocycles. The van der Waals surface area contributed by atoms with E-state index >= 15 is 0 Å². The highest BCUT2D eigenvalue weighted by atomic mass is 32.2. The number of thioether (sulfide) groups is 1. The van der Waals surface area contributed by atoms with Crippen LogP contribution in [0.25, 0.3) is 5.57 Å². The number of aryl methyl sites for hydroxylation is 2. The maximum atomic E-state index is 10.7. The van der Waals surface area contributed by atoms with Crippen LogP contribution in [0.2, 0.25) is 0 Å². The van der Waals surface area contributed by atoms with Crippen LogP contribution in [0.4, 0.5) is 0 Å². The molecule has 0 unspecified atom stereocenters. The Hall–Kier alpha value is -2.98. The standard InChI is InChI=1S/C26H26O3S/c1-3-20-8-7-11-22(17-20)24(21-9-5-4-6-10-21)14-15-30-23-12-13-25(19(2)16-23)29-18-26(27)28/h4-14,16-17H,3,15,18H2,1-2H3,(H,27,28). The first-order valence-electron chi connectivity index (χ1n) is 9.99. The third-order valence-electron chi connectivity index (χ3n) is 4.77. The van der Waals surface area contributed by atoms with E-state index in [0.29, 0.717) is 5.75 Å². The van der Waals surface area contributed by atoms with Crippen LogP contribution in [-0.2, 0) is 11.2 Å². The van der Waals surface area contributed by atoms with Gasteiger partial charge in [-0.3, -0.25) is 0 Å². The summed E-state index contributed by atoms with van der Waals surface area (Å²) in [5.74, 6) is 0.465. The molecular weight excluding hydrogens is 392 g/mol. The van der Waals surface area contributed by atoms with Gasteiger partial charge in [0.15, 0.2) is 6.61 Å². The summed E-state index contributed by atoms with van der Waals surface area (Å²) < 4.78 is 5.31. The monoisotopic (exact) mass is 418 g/mol. The number of hydrogen-bond donors (Lipinski definition) is 1. The molecule has 0 heterocycles. The lowest BCUT2D eigenvalue weighted by atomic mass is 9.96. The number of hydrogen-bond acceptors (Lipinski definition) is 3. The number of carbonyl (C=O) groups is 1. The fourth-order valence-corrected chi connectivity index (χ4v) is 4.08. The third kappa shape index (κ3) is 6.01. The van der Waals surface area contributed by atoms with Gasteiger partial charge in [0.05, 0.1) is 0 Å². The number of carboxylic acids is 1. The second-order valence-electron chi connectivity index (χ2n) is 6.96. The summed E-state index contributed by atoms with van der Waals surface area (Å²) in [5.41, 5.74) is 5.94. The number of rotatable bonds is 9. The minimum absolute atomic E-state index is 0.326. The average Bonchev–Trinajstić information content (AvgIpc) is 2.76. The van der Waals surface area contributed by atoms with E-state index in [1.165, 1.54) is 22.3 Å². The van der Waals surface area contributed by atoms with Gasteiger partial charge < -0.3 is 9.84 Å². The zero-order chi connectivity index (χ0) is 21.3. The summed E-state index contributed by atoms with van der Waals surface area (Å²) in [6.45, 7) is 3.78. The minimum Gasteiger partial charge on any atom is -0.482 e. The molecule has 0 spiro atoms. The first kappa shape index (κ1) is 21.7. The molecule has 0 aliphatic rings. The maximum Gasteiger partial charge on any atom is 0.341 e. The second-order valence-corrected chi connectivity index (χ2v) is 8.05. The van der Waals surface area contributed by atoms with Gasteiger partial charge in [-0.2, -0.15) is 0 Å². The molecule has 3 aromatic rings. The summed E-state index contributed by atoms with van der Waals surface area (Å²) in [6, 6.07) is 25.0. The van der Waals surface area contributed by atoms with Crippen LogP contribution in [0.1, 0.15) is 29.2 Å². The summed E-state index contributed by atoms with van der Waals surface area (Å²) in [7, 11) is 0. The van der Waals surface area contributed by atoms with Crippen LogP contribution in [0, 0.1) is 6.92 Å². The fourth-order valence-electron chi connectivity index (χ4n) is 3.21. The third-order valence-corrected chi connectivity index (χ3v) is 5.69. The van der Waals surface area contributed by atoms with Gasteiger partial charge in [0, 0.05) is 10.6 Å². The van der Waals surface area contributed by atoms with Crippen molar-refractivity contribution in [3.05, 3.63) is 101 Å². The topological polar surface area (TPSA) is 46.5 Å². The van der Waals surface area contributed by atoms with Crippen LogP contribution in [-0.4, -0.2) is 23.4 Å². The highest BCUT2D eigenvalue weighted by Crippen LogP contribution is 2.29. The zero-order valence-electron chi connectivity index (χ0n) is 17.3. The molecule has 0 bridgehead atoms. The maximum absolute atomic E-state index is 10.7. The molecule has 0 fully saturated rings. The molecule has 0 radical (unpaired) electrons. The average molecular weight is 419 g/mol. The van der Waals surface area contributed by atoms with E-state index in [-0.39, 0.29) is 6.61 Å². The fraction of sp³-hybridized carbons (Fsp3) is 0.192. The van der Waals surface area contributed by atoms with Crippen molar-refractivity contribution in [3.63, 3.8) is 0 Å². The zero-order valence-corrected chi connectivity index (χ0v) is 18.1. The molecule has 0 aliphatic carbocycles. The van der Waals surface area contributed by atoms with Gasteiger partial charge in [-0.25, -0.2) is 4.79 Å². The molecule has 0 atom stereocenters. The van der Waals surface area contributed by atoms with Crippen molar-refractivity contribution in [2.45, 2.75) is 25.2 Å². The highest BCUT2D eigenvalue weighted by molar-refractivity contribution is 7.99. The summed E-state index contributed by atoms with van der Waals surface area (Å²) >= 11 is 1.75. The predicted molar refractivity (Wildman–Crippen MR) is 124 cm³/mol. The quantitative estimate of drug-likeness (QED) is 0.418. The Kier molecular flexibility index (Phi) is 7.75. The number of benzene rings is 3. The molecule has 4 heteroatoms. The molecule has 3 aromatic carbocycles. The van der Waals surface area contributed by atoms with Crippen molar-refractivity contribution in [2.75, 3.05) is 12.4 Å². The van der Waals surface area contributed by atoms with E-state index in [1.54, 1.807) is 11.8 Å². The summed E-state index contributed by atoms with van der Waals surface area (Å²) in [6.07, 6.45) is 3.29. The van der Waals surface area contributed by atoms with Crippen LogP contribution in [0.5, 0.6) is 5.75 Å². The molecule has 1 N–H and O–H groups in total. The van der Waals surface area contributed by atoms with Gasteiger partial charge in [-0.15, -0.1) is 11.8 Å². The molecule has 0 saturated heterocycles. The lowest BCUT2D eigenvalue weighted by Gasteiger charge is -2.11. The Morgan fingerprint density at radius 1 is 1.00 bits per heavy atom. The van der Waals surface area contributed by atoms with Gasteiger partial charge in [0.25, 0.3) is 0 Å². The summed E-state index contributed by atoms with van der Waals surface area (Å²) in [5, 5.41) is 8.77. The Morgan fingerprint density at radius 3 is 2.47 bits per heavy atom. The van der Waals surface area contributed by atoms with Gasteiger partial charge in [-0.1, -0.05) is 67.6 Å². The number of ether oxygens (including phenoxy) is 1. The van der Waals surface area contributed by atoms with E-state index in [0.717, 1.165) is 22.6 Å². The van der Waals surface area contributed by atoms with Crippen molar-refractivity contribution in [1.82, 2.24) is 0 Å². The van der Waals surface area contributed by atoms with Crippen LogP contribution in [0.3, 0.4) is 0 Å². The largest absolute Gasteiger partial charge is 0.482 e. The Labute approximate surface area is 182 Å². The van der Waals surface area contributed by atoms with E-state index in [1.807, 2.05) is 31.2 Å². The van der Waals surface area contributed by atoms with Gasteiger partial charge in [0.2, 0.25) is 0 Å². The summed E-state index contributed by atoms with van der Waals surface area (Å²) in [4.78, 5) is 11.8. The van der Waals surface area contributed by atoms with Gasteiger partial charge in [0.1, 0.15) is 5.75 Å². The molecule has 0 saturated carbocycles. The van der Waals surface area contributed by atoms with Gasteiger partial charge >= 0.3 is 5.97 Å². The van der Waals surface area contributed by atoms with E-state index in [9.17, 15) is 4.79 Å². The molecular formula is C26H26O3S. The number of aliphatic carboxylic acids is 1. The Morgan fingerprint density at radius 2 is 1.77 bits per heavy atom. The Bertz CT molecular complexity index is 1030. The smallest absolute Gasteiger partial charge is 0.341 e. The molecule has 0 aliphatic heterocycles. The van der Waals surface area contributed by atoms with Crippen molar-refractivity contribution < 1.29 is 14.6 Å². The first-order chi connectivity index (χ1) is 14.6. The molecule has 3 rings (SSSR count). The predicted octanol–water partition coefficient (Wildman–Crippen LogP) is 6.24. The SMILES string of the molecule is CCc1cccc(C(=CCSc2ccc(OCC(=O)O)c(C)c2)c2ccccc2)c1. The van der Waals surface area contributed by atoms with Crippen LogP contribution < -0.4 is 4.74 Å². The second kappa shape index (κ2) is 10.7. The van der Waals surface area contributed by atoms with E-state index < -0.39 is 5.97 Å². The molecule has 0 amide bonds. The van der Waals surface area contributed by atoms with E-state index in [4.69, 9.17) is 9.84 Å². The van der Waals surface area contributed by atoms with Crippen molar-refractivity contribution in [3.8, 4) is 5.75 Å². The van der Waals surface area contributed by atoms with Crippen LogP contribution >= 0.6 is 11.8 Å². The molecule has 3 nitrogen and oxygen atoms in total. The van der Waals surface area contributed by atoms with Crippen molar-refractivity contribution in [2.24, 2.45) is 0 Å².